The summed E-state index contributed by atoms with van der Waals surface area (Å²) >= 11 is 0. The number of carboxylic acid groups (broad SMARTS) is 1. The molecule has 0 saturated carbocycles. The lowest BCUT2D eigenvalue weighted by Crippen LogP contribution is -2.54. The highest BCUT2D eigenvalue weighted by molar-refractivity contribution is 5.96. The van der Waals surface area contributed by atoms with Crippen molar-refractivity contribution in [3.8, 4) is 5.75 Å². The van der Waals surface area contributed by atoms with Gasteiger partial charge in [0, 0.05) is 13.0 Å². The maximum absolute atomic E-state index is 14.6. The third-order valence-electron chi connectivity index (χ3n) is 10.1. The SMILES string of the molecule is C[C@@H](C(=O)NC(Cc1ccc(OCc2ccc(C(=O)O)cc2)cc1)C(=O)C1CC=CC[C@H]1C(=O)NC1CCCc2ccccc21)N(C)C(=O)OC(C)(C)C. The van der Waals surface area contributed by atoms with Crippen LogP contribution in [0.25, 0.3) is 0 Å². The van der Waals surface area contributed by atoms with E-state index in [4.69, 9.17) is 14.6 Å². The minimum absolute atomic E-state index is 0.131. The number of hydrogen-bond acceptors (Lipinski definition) is 7. The van der Waals surface area contributed by atoms with Gasteiger partial charge in [-0.15, -0.1) is 0 Å². The largest absolute Gasteiger partial charge is 0.489 e. The number of nitrogens with one attached hydrogen (secondary N) is 2. The Morgan fingerprint density at radius 1 is 0.889 bits per heavy atom. The zero-order valence-corrected chi connectivity index (χ0v) is 31.7. The number of carboxylic acids is 1. The van der Waals surface area contributed by atoms with E-state index in [0.717, 1.165) is 36.0 Å². The molecule has 3 aromatic carbocycles. The molecule has 5 rings (SSSR count). The molecule has 0 heterocycles. The zero-order chi connectivity index (χ0) is 39.0. The highest BCUT2D eigenvalue weighted by Crippen LogP contribution is 2.33. The topological polar surface area (TPSA) is 151 Å². The van der Waals surface area contributed by atoms with Gasteiger partial charge in [-0.25, -0.2) is 9.59 Å². The van der Waals surface area contributed by atoms with Crippen molar-refractivity contribution in [2.24, 2.45) is 11.8 Å². The fourth-order valence-corrected chi connectivity index (χ4v) is 6.91. The number of benzene rings is 3. The zero-order valence-electron chi connectivity index (χ0n) is 31.7. The number of aryl methyl sites for hydroxylation is 1. The van der Waals surface area contributed by atoms with Gasteiger partial charge in [-0.2, -0.15) is 0 Å². The van der Waals surface area contributed by atoms with Gasteiger partial charge in [0.2, 0.25) is 11.8 Å². The number of Topliss-reactive ketones (excluding diaryl/α,β-unsaturated/α-hetero) is 1. The van der Waals surface area contributed by atoms with Gasteiger partial charge in [-0.05, 0) is 113 Å². The molecule has 286 valence electrons. The lowest BCUT2D eigenvalue weighted by molar-refractivity contribution is -0.137. The summed E-state index contributed by atoms with van der Waals surface area (Å²) < 4.78 is 11.4. The third-order valence-corrected chi connectivity index (χ3v) is 10.1. The van der Waals surface area contributed by atoms with Crippen LogP contribution in [0.15, 0.2) is 84.9 Å². The van der Waals surface area contributed by atoms with Crippen molar-refractivity contribution in [1.82, 2.24) is 15.5 Å². The van der Waals surface area contributed by atoms with Crippen LogP contribution in [0.5, 0.6) is 5.75 Å². The van der Waals surface area contributed by atoms with Crippen molar-refractivity contribution < 1.29 is 38.6 Å². The smallest absolute Gasteiger partial charge is 0.410 e. The molecule has 3 N–H and O–H groups in total. The van der Waals surface area contributed by atoms with E-state index in [1.807, 2.05) is 36.4 Å². The summed E-state index contributed by atoms with van der Waals surface area (Å²) in [5.74, 6) is -2.68. The predicted octanol–water partition coefficient (Wildman–Crippen LogP) is 6.59. The predicted molar refractivity (Wildman–Crippen MR) is 204 cm³/mol. The molecule has 5 atom stereocenters. The van der Waals surface area contributed by atoms with Crippen molar-refractivity contribution in [1.29, 1.82) is 0 Å². The molecule has 0 aromatic heterocycles. The molecule has 0 bridgehead atoms. The number of ether oxygens (including phenoxy) is 2. The maximum Gasteiger partial charge on any atom is 0.410 e. The number of likely N-dealkylation sites (N-methyl/N-ethyl adjacent to an activating group) is 1. The van der Waals surface area contributed by atoms with Crippen LogP contribution in [0, 0.1) is 11.8 Å². The molecule has 0 fully saturated rings. The van der Waals surface area contributed by atoms with Crippen molar-refractivity contribution >= 4 is 29.7 Å². The van der Waals surface area contributed by atoms with Gasteiger partial charge in [0.1, 0.15) is 24.0 Å². The van der Waals surface area contributed by atoms with Crippen LogP contribution in [0.1, 0.15) is 92.0 Å². The Hall–Kier alpha value is -5.45. The minimum atomic E-state index is -1.00. The first-order valence-corrected chi connectivity index (χ1v) is 18.6. The van der Waals surface area contributed by atoms with Gasteiger partial charge in [-0.3, -0.25) is 19.3 Å². The quantitative estimate of drug-likeness (QED) is 0.166. The Morgan fingerprint density at radius 3 is 2.20 bits per heavy atom. The molecule has 0 aliphatic heterocycles. The third kappa shape index (κ3) is 10.4. The molecule has 11 nitrogen and oxygen atoms in total. The summed E-state index contributed by atoms with van der Waals surface area (Å²) in [6, 6.07) is 19.7. The van der Waals surface area contributed by atoms with E-state index in [1.165, 1.54) is 29.6 Å². The highest BCUT2D eigenvalue weighted by atomic mass is 16.6. The molecule has 2 aliphatic carbocycles. The van der Waals surface area contributed by atoms with Crippen LogP contribution in [-0.4, -0.2) is 64.4 Å². The summed E-state index contributed by atoms with van der Waals surface area (Å²) in [6.07, 6.45) is 6.85. The second-order valence-corrected chi connectivity index (χ2v) is 15.2. The Balaban J connectivity index is 1.33. The standard InChI is InChI=1S/C43H51N3O8/c1-27(46(5)42(52)54-43(2,3)4)39(48)45-37(25-28-19-23-32(24-20-28)53-26-29-17-21-31(22-18-29)41(50)51)38(47)34-14-8-9-15-35(34)40(49)44-36-16-10-12-30-11-6-7-13-33(30)36/h6-9,11,13,17-24,27,34-37H,10,12,14-16,25-26H2,1-5H3,(H,44,49)(H,45,48)(H,50,51)/t27-,34?,35+,36?,37?/m0/s1. The second-order valence-electron chi connectivity index (χ2n) is 15.2. The summed E-state index contributed by atoms with van der Waals surface area (Å²) in [7, 11) is 1.48. The Labute approximate surface area is 317 Å². The summed E-state index contributed by atoms with van der Waals surface area (Å²) in [4.78, 5) is 67.4. The average Bonchev–Trinajstić information content (AvgIpc) is 3.16. The van der Waals surface area contributed by atoms with Gasteiger partial charge >= 0.3 is 12.1 Å². The number of carbonyl (C=O) groups excluding carboxylic acids is 4. The Bertz CT molecular complexity index is 1850. The molecular weight excluding hydrogens is 686 g/mol. The van der Waals surface area contributed by atoms with Crippen LogP contribution < -0.4 is 15.4 Å². The van der Waals surface area contributed by atoms with Crippen molar-refractivity contribution in [3.63, 3.8) is 0 Å². The van der Waals surface area contributed by atoms with Crippen LogP contribution in [0.3, 0.4) is 0 Å². The molecular formula is C43H51N3O8. The number of carbonyl (C=O) groups is 5. The lowest BCUT2D eigenvalue weighted by Gasteiger charge is -2.33. The number of aromatic carboxylic acids is 1. The van der Waals surface area contributed by atoms with E-state index in [-0.39, 0.29) is 36.3 Å². The van der Waals surface area contributed by atoms with Crippen LogP contribution in [0.2, 0.25) is 0 Å². The summed E-state index contributed by atoms with van der Waals surface area (Å²) in [5.41, 5.74) is 3.33. The first-order chi connectivity index (χ1) is 25.7. The van der Waals surface area contributed by atoms with Crippen LogP contribution in [0.4, 0.5) is 4.79 Å². The normalized spacial score (nSPS) is 19.0. The minimum Gasteiger partial charge on any atom is -0.489 e. The monoisotopic (exact) mass is 737 g/mol. The molecule has 0 radical (unpaired) electrons. The Morgan fingerprint density at radius 2 is 1.54 bits per heavy atom. The van der Waals surface area contributed by atoms with Gasteiger partial charge < -0.3 is 25.2 Å². The fourth-order valence-electron chi connectivity index (χ4n) is 6.91. The van der Waals surface area contributed by atoms with E-state index < -0.39 is 47.5 Å². The first-order valence-electron chi connectivity index (χ1n) is 18.6. The van der Waals surface area contributed by atoms with E-state index in [1.54, 1.807) is 52.0 Å². The van der Waals surface area contributed by atoms with E-state index >= 15 is 0 Å². The van der Waals surface area contributed by atoms with E-state index in [0.29, 0.717) is 18.6 Å². The van der Waals surface area contributed by atoms with Gasteiger partial charge in [0.15, 0.2) is 5.78 Å². The molecule has 3 unspecified atom stereocenters. The molecule has 0 spiro atoms. The molecule has 3 amide bonds. The number of fused-ring (bicyclic) bond motifs is 1. The van der Waals surface area contributed by atoms with Gasteiger partial charge in [0.25, 0.3) is 0 Å². The first kappa shape index (κ1) is 39.8. The average molecular weight is 738 g/mol. The fraction of sp³-hybridized carbons (Fsp3) is 0.419. The van der Waals surface area contributed by atoms with E-state index in [9.17, 15) is 24.0 Å². The number of amides is 3. The van der Waals surface area contributed by atoms with Gasteiger partial charge in [-0.1, -0.05) is 60.7 Å². The Kier molecular flexibility index (Phi) is 12.9. The molecule has 11 heteroatoms. The molecule has 3 aromatic rings. The van der Waals surface area contributed by atoms with Crippen LogP contribution >= 0.6 is 0 Å². The highest BCUT2D eigenvalue weighted by Gasteiger charge is 2.39. The molecule has 54 heavy (non-hydrogen) atoms. The number of rotatable bonds is 13. The summed E-state index contributed by atoms with van der Waals surface area (Å²) in [6.45, 7) is 7.02. The molecule has 0 saturated heterocycles. The number of allylic oxidation sites excluding steroid dienone is 2. The molecule has 2 aliphatic rings. The van der Waals surface area contributed by atoms with Crippen LogP contribution in [-0.2, 0) is 38.6 Å². The maximum atomic E-state index is 14.6. The second kappa shape index (κ2) is 17.6. The van der Waals surface area contributed by atoms with E-state index in [2.05, 4.69) is 22.8 Å². The number of nitrogens with zero attached hydrogens (tertiary/aromatic N) is 1. The number of ketones is 1. The number of hydrogen-bond donors (Lipinski definition) is 3. The lowest BCUT2D eigenvalue weighted by atomic mass is 9.76. The van der Waals surface area contributed by atoms with Crippen molar-refractivity contribution in [2.45, 2.75) is 96.6 Å². The van der Waals surface area contributed by atoms with Crippen molar-refractivity contribution in [2.75, 3.05) is 7.05 Å². The summed E-state index contributed by atoms with van der Waals surface area (Å²) in [5, 5.41) is 15.3. The van der Waals surface area contributed by atoms with Gasteiger partial charge in [0.05, 0.1) is 23.6 Å². The van der Waals surface area contributed by atoms with Crippen molar-refractivity contribution in [3.05, 3.63) is 113 Å².